The molecule has 0 aromatic rings. The van der Waals surface area contributed by atoms with Crippen LogP contribution in [-0.2, 0) is 19.1 Å². The molecule has 0 bridgehead atoms. The van der Waals surface area contributed by atoms with E-state index in [1.807, 2.05) is 0 Å². The van der Waals surface area contributed by atoms with Crippen molar-refractivity contribution in [2.45, 2.75) is 6.42 Å². The fourth-order valence-corrected chi connectivity index (χ4v) is 0.190. The van der Waals surface area contributed by atoms with E-state index in [1.54, 1.807) is 0 Å². The lowest BCUT2D eigenvalue weighted by Crippen LogP contribution is -2.09. The van der Waals surface area contributed by atoms with E-state index in [9.17, 15) is 9.59 Å². The van der Waals surface area contributed by atoms with E-state index in [0.29, 0.717) is 0 Å². The average molecular weight is 138 g/mol. The fraction of sp³-hybridized carbons (Fsp3) is 0.600. The minimum Gasteiger partial charge on any atom is -0.469 e. The van der Waals surface area contributed by atoms with Gasteiger partial charge in [-0.2, -0.15) is 0 Å². The molecule has 0 aliphatic carbocycles. The highest BCUT2D eigenvalue weighted by atomic mass is 16.5. The van der Waals surface area contributed by atoms with E-state index < -0.39 is 32.4 Å². The maximum Gasteiger partial charge on any atom is 0.316 e. The van der Waals surface area contributed by atoms with Crippen LogP contribution in [0.15, 0.2) is 0 Å². The minimum atomic E-state index is -2.96. The van der Waals surface area contributed by atoms with E-state index in [-0.39, 0.29) is 0 Å². The Labute approximate surface area is 61.2 Å². The number of rotatable bonds is 2. The Hall–Kier alpha value is -1.06. The molecule has 0 N–H and O–H groups in total. The summed E-state index contributed by atoms with van der Waals surface area (Å²) in [6.07, 6.45) is -1.06. The molecule has 0 amide bonds. The maximum absolute atomic E-state index is 10.7. The summed E-state index contributed by atoms with van der Waals surface area (Å²) in [5.74, 6) is -2.74. The van der Waals surface area contributed by atoms with Crippen LogP contribution >= 0.6 is 0 Å². The van der Waals surface area contributed by atoms with Crippen molar-refractivity contribution in [3.05, 3.63) is 0 Å². The molecule has 0 heterocycles. The molecule has 9 heavy (non-hydrogen) atoms. The van der Waals surface area contributed by atoms with Crippen LogP contribution in [-0.4, -0.2) is 26.0 Å². The quantitative estimate of drug-likeness (QED) is 0.389. The predicted octanol–water partition coefficient (Wildman–Crippen LogP) is -0.278. The Bertz CT molecular complexity index is 227. The van der Waals surface area contributed by atoms with Gasteiger partial charge in [-0.15, -0.1) is 0 Å². The molecule has 0 unspecified atom stereocenters. The molecule has 0 aromatic carbocycles. The summed E-state index contributed by atoms with van der Waals surface area (Å²) in [5, 5.41) is 0. The first kappa shape index (κ1) is 2.28. The zero-order chi connectivity index (χ0) is 12.3. The fourth-order valence-electron chi connectivity index (χ4n) is 0.190. The first-order valence-electron chi connectivity index (χ1n) is 4.93. The summed E-state index contributed by atoms with van der Waals surface area (Å²) < 4.78 is 46.7. The number of carbonyl (C=O) groups is 2. The van der Waals surface area contributed by atoms with Crippen molar-refractivity contribution in [2.75, 3.05) is 14.1 Å². The van der Waals surface area contributed by atoms with E-state index in [1.165, 1.54) is 0 Å². The van der Waals surface area contributed by atoms with Crippen LogP contribution in [0.2, 0.25) is 0 Å². The van der Waals surface area contributed by atoms with Gasteiger partial charge in [-0.25, -0.2) is 0 Å². The number of esters is 2. The van der Waals surface area contributed by atoms with Crippen LogP contribution < -0.4 is 0 Å². The smallest absolute Gasteiger partial charge is 0.316 e. The van der Waals surface area contributed by atoms with Gasteiger partial charge in [0.2, 0.25) is 0 Å². The van der Waals surface area contributed by atoms with E-state index in [2.05, 4.69) is 9.47 Å². The van der Waals surface area contributed by atoms with Crippen molar-refractivity contribution in [3.63, 3.8) is 0 Å². The van der Waals surface area contributed by atoms with E-state index in [0.717, 1.165) is 0 Å². The van der Waals surface area contributed by atoms with Crippen molar-refractivity contribution in [2.24, 2.45) is 0 Å². The van der Waals surface area contributed by atoms with E-state index >= 15 is 0 Å². The summed E-state index contributed by atoms with van der Waals surface area (Å²) in [7, 11) is -5.92. The highest BCUT2D eigenvalue weighted by Gasteiger charge is 2.07. The molecule has 0 atom stereocenters. The lowest BCUT2D eigenvalue weighted by atomic mass is 10.4. The molecule has 0 spiro atoms. The van der Waals surface area contributed by atoms with Crippen LogP contribution in [0.4, 0.5) is 0 Å². The molecule has 0 rings (SSSR count). The summed E-state index contributed by atoms with van der Waals surface area (Å²) >= 11 is 0. The van der Waals surface area contributed by atoms with Gasteiger partial charge >= 0.3 is 11.9 Å². The molecule has 4 heteroatoms. The first-order valence-corrected chi connectivity index (χ1v) is 1.93. The van der Waals surface area contributed by atoms with Gasteiger partial charge in [0.1, 0.15) is 6.42 Å². The Morgan fingerprint density at radius 3 is 2.11 bits per heavy atom. The average Bonchev–Trinajstić information content (AvgIpc) is 1.73. The van der Waals surface area contributed by atoms with Crippen LogP contribution in [0.5, 0.6) is 0 Å². The van der Waals surface area contributed by atoms with Crippen molar-refractivity contribution in [1.29, 1.82) is 0 Å². The summed E-state index contributed by atoms with van der Waals surface area (Å²) in [4.78, 5) is 21.4. The zero-order valence-electron chi connectivity index (χ0n) is 10.3. The normalized spacial score (nSPS) is 20.9. The summed E-state index contributed by atoms with van der Waals surface area (Å²) in [6, 6.07) is 0. The second kappa shape index (κ2) is 3.88. The molecular formula is C5H8O4. The maximum atomic E-state index is 10.7. The van der Waals surface area contributed by atoms with Gasteiger partial charge in [-0.3, -0.25) is 9.59 Å². The summed E-state index contributed by atoms with van der Waals surface area (Å²) in [6.45, 7) is 0. The molecule has 4 nitrogen and oxygen atoms in total. The van der Waals surface area contributed by atoms with Gasteiger partial charge in [0.05, 0.1) is 22.3 Å². The SMILES string of the molecule is [2H]C([2H])([2H])OC(=O)CC(=O)OC([2H])([2H])[2H]. The molecule has 0 aromatic heterocycles. The second-order valence-electron chi connectivity index (χ2n) is 1.12. The minimum absolute atomic E-state index is 1.06. The third-order valence-electron chi connectivity index (χ3n) is 0.516. The highest BCUT2D eigenvalue weighted by Crippen LogP contribution is 1.85. The van der Waals surface area contributed by atoms with Crippen LogP contribution in [0.3, 0.4) is 0 Å². The highest BCUT2D eigenvalue weighted by molar-refractivity contribution is 5.90. The van der Waals surface area contributed by atoms with Crippen molar-refractivity contribution in [3.8, 4) is 0 Å². The predicted molar refractivity (Wildman–Crippen MR) is 28.6 cm³/mol. The van der Waals surface area contributed by atoms with Crippen LogP contribution in [0.25, 0.3) is 0 Å². The van der Waals surface area contributed by atoms with E-state index in [4.69, 9.17) is 8.22 Å². The van der Waals surface area contributed by atoms with Gasteiger partial charge in [-0.1, -0.05) is 0 Å². The largest absolute Gasteiger partial charge is 0.469 e. The number of hydrogen-bond acceptors (Lipinski definition) is 4. The number of hydrogen-bond donors (Lipinski definition) is 0. The van der Waals surface area contributed by atoms with Gasteiger partial charge < -0.3 is 9.47 Å². The van der Waals surface area contributed by atoms with Crippen molar-refractivity contribution in [1.82, 2.24) is 0 Å². The van der Waals surface area contributed by atoms with Gasteiger partial charge in [0.15, 0.2) is 0 Å². The first-order chi connectivity index (χ1) is 6.49. The number of ether oxygens (including phenoxy) is 2. The Morgan fingerprint density at radius 1 is 1.33 bits per heavy atom. The molecular weight excluding hydrogens is 124 g/mol. The van der Waals surface area contributed by atoms with Crippen molar-refractivity contribution >= 4 is 11.9 Å². The van der Waals surface area contributed by atoms with Crippen LogP contribution in [0.1, 0.15) is 14.6 Å². The summed E-state index contributed by atoms with van der Waals surface area (Å²) in [5.41, 5.74) is 0. The Balaban J connectivity index is 4.04. The van der Waals surface area contributed by atoms with Crippen LogP contribution in [0, 0.1) is 0 Å². The van der Waals surface area contributed by atoms with Gasteiger partial charge in [-0.05, 0) is 0 Å². The molecule has 0 saturated heterocycles. The third-order valence-corrected chi connectivity index (χ3v) is 0.516. The zero-order valence-corrected chi connectivity index (χ0v) is 4.34. The number of carbonyl (C=O) groups excluding carboxylic acids is 2. The topological polar surface area (TPSA) is 52.6 Å². The van der Waals surface area contributed by atoms with Gasteiger partial charge in [0, 0.05) is 0 Å². The molecule has 0 radical (unpaired) electrons. The third kappa shape index (κ3) is 3.52. The van der Waals surface area contributed by atoms with Gasteiger partial charge in [0.25, 0.3) is 0 Å². The second-order valence-corrected chi connectivity index (χ2v) is 1.12. The lowest BCUT2D eigenvalue weighted by molar-refractivity contribution is -0.151. The van der Waals surface area contributed by atoms with Crippen molar-refractivity contribution < 1.29 is 27.3 Å². The molecule has 0 aliphatic rings. The Kier molecular flexibility index (Phi) is 0.986. The monoisotopic (exact) mass is 138 g/mol. The Morgan fingerprint density at radius 2 is 1.78 bits per heavy atom. The molecule has 0 saturated carbocycles. The lowest BCUT2D eigenvalue weighted by Gasteiger charge is -1.95. The standard InChI is InChI=1S/C5H8O4/c1-8-4(6)3-5(7)9-2/h3H2,1-2H3/i1D3,2D3. The number of methoxy groups -OCH3 is 2. The molecule has 52 valence electrons. The molecule has 0 fully saturated rings. The molecule has 0 aliphatic heterocycles.